The molecule has 0 aliphatic rings. The number of hydrogen-bond donors (Lipinski definition) is 3. The molecule has 2 aromatic carbocycles. The van der Waals surface area contributed by atoms with Crippen molar-refractivity contribution < 1.29 is 9.18 Å². The first-order valence-corrected chi connectivity index (χ1v) is 9.61. The topological polar surface area (TPSA) is 106 Å². The first-order valence-electron chi connectivity index (χ1n) is 8.46. The van der Waals surface area contributed by atoms with Gasteiger partial charge in [-0.05, 0) is 36.8 Å². The van der Waals surface area contributed by atoms with Crippen LogP contribution in [-0.2, 0) is 10.5 Å². The molecule has 0 radical (unpaired) electrons. The Labute approximate surface area is 166 Å². The zero-order chi connectivity index (χ0) is 19.9. The van der Waals surface area contributed by atoms with Gasteiger partial charge >= 0.3 is 0 Å². The largest absolute Gasteiger partial charge is 0.368 e. The van der Waals surface area contributed by atoms with E-state index in [-0.39, 0.29) is 23.4 Å². The monoisotopic (exact) mass is 398 g/mol. The molecule has 0 saturated carbocycles. The molecule has 0 atom stereocenters. The second kappa shape index (κ2) is 9.14. The first kappa shape index (κ1) is 19.6. The molecule has 3 rings (SSSR count). The second-order valence-electron chi connectivity index (χ2n) is 5.93. The smallest absolute Gasteiger partial charge is 0.234 e. The zero-order valence-corrected chi connectivity index (χ0v) is 16.0. The number of aryl methyl sites for hydroxylation is 1. The Morgan fingerprint density at radius 2 is 1.89 bits per heavy atom. The van der Waals surface area contributed by atoms with E-state index in [2.05, 4.69) is 25.6 Å². The molecule has 0 saturated heterocycles. The standard InChI is InChI=1S/C19H19FN6OS/c1-12-7-8-14(9-15(12)20)22-17(27)11-28-10-16-24-18(21)26-19(25-16)23-13-5-3-2-4-6-13/h2-9H,10-11H2,1H3,(H,22,27)(H3,21,23,24,25,26). The minimum atomic E-state index is -0.357. The van der Waals surface area contributed by atoms with Gasteiger partial charge in [0.1, 0.15) is 11.6 Å². The van der Waals surface area contributed by atoms with Crippen LogP contribution >= 0.6 is 11.8 Å². The van der Waals surface area contributed by atoms with Gasteiger partial charge in [-0.2, -0.15) is 15.0 Å². The van der Waals surface area contributed by atoms with Crippen LogP contribution in [0.2, 0.25) is 0 Å². The molecule has 1 amide bonds. The molecular weight excluding hydrogens is 379 g/mol. The van der Waals surface area contributed by atoms with Crippen molar-refractivity contribution in [3.8, 4) is 0 Å². The molecule has 3 aromatic rings. The van der Waals surface area contributed by atoms with Crippen LogP contribution in [0.5, 0.6) is 0 Å². The normalized spacial score (nSPS) is 10.5. The van der Waals surface area contributed by atoms with E-state index >= 15 is 0 Å². The highest BCUT2D eigenvalue weighted by Gasteiger charge is 2.08. The predicted molar refractivity (Wildman–Crippen MR) is 110 cm³/mol. The molecule has 0 unspecified atom stereocenters. The fraction of sp³-hybridized carbons (Fsp3) is 0.158. The van der Waals surface area contributed by atoms with E-state index in [0.717, 1.165) is 5.69 Å². The van der Waals surface area contributed by atoms with Gasteiger partial charge in [-0.3, -0.25) is 4.79 Å². The van der Waals surface area contributed by atoms with E-state index in [0.29, 0.717) is 28.8 Å². The Balaban J connectivity index is 1.54. The third kappa shape index (κ3) is 5.65. The number of amides is 1. The highest BCUT2D eigenvalue weighted by Crippen LogP contribution is 2.17. The summed E-state index contributed by atoms with van der Waals surface area (Å²) in [7, 11) is 0. The van der Waals surface area contributed by atoms with Crippen LogP contribution in [0.25, 0.3) is 0 Å². The van der Waals surface area contributed by atoms with Gasteiger partial charge < -0.3 is 16.4 Å². The average molecular weight is 398 g/mol. The Bertz CT molecular complexity index is 970. The number of anilines is 4. The fourth-order valence-corrected chi connectivity index (χ4v) is 2.98. The number of aromatic nitrogens is 3. The summed E-state index contributed by atoms with van der Waals surface area (Å²) < 4.78 is 13.5. The number of nitrogens with two attached hydrogens (primary N) is 1. The number of carbonyl (C=O) groups is 1. The molecule has 0 spiro atoms. The van der Waals surface area contributed by atoms with Gasteiger partial charge in [-0.25, -0.2) is 4.39 Å². The number of halogens is 1. The SMILES string of the molecule is Cc1ccc(NC(=O)CSCc2nc(N)nc(Nc3ccccc3)n2)cc1F. The van der Waals surface area contributed by atoms with Gasteiger partial charge in [0.2, 0.25) is 17.8 Å². The molecule has 0 bridgehead atoms. The molecule has 0 aliphatic heterocycles. The fourth-order valence-electron chi connectivity index (χ4n) is 2.31. The minimum Gasteiger partial charge on any atom is -0.368 e. The molecule has 144 valence electrons. The van der Waals surface area contributed by atoms with Crippen LogP contribution in [0.15, 0.2) is 48.5 Å². The molecule has 1 aromatic heterocycles. The van der Waals surface area contributed by atoms with E-state index in [1.165, 1.54) is 17.8 Å². The van der Waals surface area contributed by atoms with E-state index < -0.39 is 0 Å². The Hall–Kier alpha value is -3.20. The molecule has 0 aliphatic carbocycles. The van der Waals surface area contributed by atoms with Crippen molar-refractivity contribution in [3.63, 3.8) is 0 Å². The van der Waals surface area contributed by atoms with Gasteiger partial charge in [-0.1, -0.05) is 24.3 Å². The second-order valence-corrected chi connectivity index (χ2v) is 6.92. The first-order chi connectivity index (χ1) is 13.5. The Morgan fingerprint density at radius 1 is 1.11 bits per heavy atom. The van der Waals surface area contributed by atoms with Gasteiger partial charge in [-0.15, -0.1) is 11.8 Å². The maximum atomic E-state index is 13.5. The molecule has 0 fully saturated rings. The summed E-state index contributed by atoms with van der Waals surface area (Å²) in [6.45, 7) is 1.66. The molecule has 7 nitrogen and oxygen atoms in total. The summed E-state index contributed by atoms with van der Waals surface area (Å²) in [5.74, 6) is 0.860. The summed E-state index contributed by atoms with van der Waals surface area (Å²) in [4.78, 5) is 24.5. The third-order valence-corrected chi connectivity index (χ3v) is 4.58. The molecule has 1 heterocycles. The van der Waals surface area contributed by atoms with Crippen LogP contribution in [0.1, 0.15) is 11.4 Å². The van der Waals surface area contributed by atoms with Crippen molar-refractivity contribution in [2.75, 3.05) is 22.1 Å². The summed E-state index contributed by atoms with van der Waals surface area (Å²) >= 11 is 1.32. The van der Waals surface area contributed by atoms with E-state index in [1.54, 1.807) is 19.1 Å². The lowest BCUT2D eigenvalue weighted by Gasteiger charge is -2.08. The van der Waals surface area contributed by atoms with Crippen molar-refractivity contribution in [1.82, 2.24) is 15.0 Å². The number of nitrogen functional groups attached to an aromatic ring is 1. The van der Waals surface area contributed by atoms with Crippen LogP contribution in [0.4, 0.5) is 27.7 Å². The number of para-hydroxylation sites is 1. The molecule has 9 heteroatoms. The van der Waals surface area contributed by atoms with Crippen molar-refractivity contribution in [3.05, 3.63) is 65.7 Å². The number of nitrogens with zero attached hydrogens (tertiary/aromatic N) is 3. The van der Waals surface area contributed by atoms with E-state index in [1.807, 2.05) is 30.3 Å². The van der Waals surface area contributed by atoms with Crippen LogP contribution in [0.3, 0.4) is 0 Å². The van der Waals surface area contributed by atoms with Crippen molar-refractivity contribution in [1.29, 1.82) is 0 Å². The lowest BCUT2D eigenvalue weighted by molar-refractivity contribution is -0.113. The highest BCUT2D eigenvalue weighted by atomic mass is 32.2. The number of hydrogen-bond acceptors (Lipinski definition) is 7. The van der Waals surface area contributed by atoms with E-state index in [4.69, 9.17) is 5.73 Å². The van der Waals surface area contributed by atoms with Crippen molar-refractivity contribution in [2.24, 2.45) is 0 Å². The van der Waals surface area contributed by atoms with Crippen molar-refractivity contribution >= 4 is 40.9 Å². The number of rotatable bonds is 7. The van der Waals surface area contributed by atoms with Crippen molar-refractivity contribution in [2.45, 2.75) is 12.7 Å². The maximum Gasteiger partial charge on any atom is 0.234 e. The summed E-state index contributed by atoms with van der Waals surface area (Å²) in [5.41, 5.74) is 7.53. The average Bonchev–Trinajstić information content (AvgIpc) is 2.65. The van der Waals surface area contributed by atoms with Crippen LogP contribution in [0, 0.1) is 12.7 Å². The van der Waals surface area contributed by atoms with Gasteiger partial charge in [0.05, 0.1) is 11.5 Å². The van der Waals surface area contributed by atoms with Crippen LogP contribution in [-0.4, -0.2) is 26.6 Å². The quantitative estimate of drug-likeness (QED) is 0.559. The summed E-state index contributed by atoms with van der Waals surface area (Å²) in [6, 6.07) is 14.0. The summed E-state index contributed by atoms with van der Waals surface area (Å²) in [5, 5.41) is 5.72. The molecule has 4 N–H and O–H groups in total. The van der Waals surface area contributed by atoms with Gasteiger partial charge in [0.15, 0.2) is 0 Å². The summed E-state index contributed by atoms with van der Waals surface area (Å²) in [6.07, 6.45) is 0. The maximum absolute atomic E-state index is 13.5. The lowest BCUT2D eigenvalue weighted by Crippen LogP contribution is -2.14. The third-order valence-electron chi connectivity index (χ3n) is 3.65. The Kier molecular flexibility index (Phi) is 6.38. The molecule has 28 heavy (non-hydrogen) atoms. The number of benzene rings is 2. The van der Waals surface area contributed by atoms with Gasteiger partial charge in [0, 0.05) is 11.4 Å². The van der Waals surface area contributed by atoms with E-state index in [9.17, 15) is 9.18 Å². The van der Waals surface area contributed by atoms with Crippen LogP contribution < -0.4 is 16.4 Å². The predicted octanol–water partition coefficient (Wildman–Crippen LogP) is 3.52. The number of thioether (sulfide) groups is 1. The Morgan fingerprint density at radius 3 is 2.64 bits per heavy atom. The number of nitrogens with one attached hydrogen (secondary N) is 2. The zero-order valence-electron chi connectivity index (χ0n) is 15.1. The van der Waals surface area contributed by atoms with Gasteiger partial charge in [0.25, 0.3) is 0 Å². The highest BCUT2D eigenvalue weighted by molar-refractivity contribution is 7.99. The molecular formula is C19H19FN6OS. The minimum absolute atomic E-state index is 0.101. The number of carbonyl (C=O) groups excluding carboxylic acids is 1. The lowest BCUT2D eigenvalue weighted by atomic mass is 10.2.